The van der Waals surface area contributed by atoms with Gasteiger partial charge in [0.2, 0.25) is 5.91 Å². The van der Waals surface area contributed by atoms with Gasteiger partial charge >= 0.3 is 0 Å². The highest BCUT2D eigenvalue weighted by atomic mass is 32.2. The third-order valence-corrected chi connectivity index (χ3v) is 5.95. The Morgan fingerprint density at radius 2 is 2.09 bits per heavy atom. The number of nitrogens with zero attached hydrogens (tertiary/aromatic N) is 2. The minimum absolute atomic E-state index is 0.130. The van der Waals surface area contributed by atoms with Crippen molar-refractivity contribution >= 4 is 17.7 Å². The van der Waals surface area contributed by atoms with Gasteiger partial charge in [-0.25, -0.2) is 10.4 Å². The van der Waals surface area contributed by atoms with E-state index in [1.165, 1.54) is 5.56 Å². The number of nitrogens with one attached hydrogen (secondary N) is 2. The van der Waals surface area contributed by atoms with Crippen molar-refractivity contribution < 1.29 is 4.79 Å². The minimum atomic E-state index is -0.206. The number of amides is 1. The summed E-state index contributed by atoms with van der Waals surface area (Å²) in [4.78, 5) is 13.8. The highest BCUT2D eigenvalue weighted by Crippen LogP contribution is 2.37. The molecule has 0 bridgehead atoms. The van der Waals surface area contributed by atoms with Crippen molar-refractivity contribution in [3.05, 3.63) is 35.9 Å². The van der Waals surface area contributed by atoms with E-state index in [4.69, 9.17) is 5.73 Å². The molecule has 0 spiro atoms. The Balaban J connectivity index is 1.41. The Morgan fingerprint density at radius 1 is 1.27 bits per heavy atom. The molecule has 4 unspecified atom stereocenters. The van der Waals surface area contributed by atoms with E-state index in [0.29, 0.717) is 6.04 Å². The van der Waals surface area contributed by atoms with Crippen LogP contribution in [0.1, 0.15) is 24.4 Å². The van der Waals surface area contributed by atoms with Crippen LogP contribution in [0.15, 0.2) is 30.3 Å². The summed E-state index contributed by atoms with van der Waals surface area (Å²) >= 11 is 1.82. The smallest absolute Gasteiger partial charge is 0.234 e. The number of primary amides is 1. The van der Waals surface area contributed by atoms with Crippen LogP contribution in [0, 0.1) is 0 Å². The molecule has 0 aromatic heterocycles. The molecule has 4 rings (SSSR count). The largest absolute Gasteiger partial charge is 0.368 e. The molecule has 3 heterocycles. The van der Waals surface area contributed by atoms with Crippen LogP contribution >= 0.6 is 11.8 Å². The summed E-state index contributed by atoms with van der Waals surface area (Å²) in [5.74, 6) is -0.206. The summed E-state index contributed by atoms with van der Waals surface area (Å²) < 4.78 is 0. The predicted molar refractivity (Wildman–Crippen MR) is 86.2 cm³/mol. The van der Waals surface area contributed by atoms with Crippen molar-refractivity contribution in [2.75, 3.05) is 13.1 Å². The molecular formula is C15H21N5OS. The molecule has 3 aliphatic heterocycles. The molecule has 1 aromatic carbocycles. The molecule has 0 aliphatic carbocycles. The molecule has 3 saturated heterocycles. The third-order valence-electron chi connectivity index (χ3n) is 4.67. The third kappa shape index (κ3) is 2.53. The van der Waals surface area contributed by atoms with Gasteiger partial charge in [0.25, 0.3) is 0 Å². The van der Waals surface area contributed by atoms with Gasteiger partial charge in [0.05, 0.1) is 6.04 Å². The second-order valence-electron chi connectivity index (χ2n) is 6.05. The fourth-order valence-electron chi connectivity index (χ4n) is 3.55. The number of thioether (sulfide) groups is 1. The molecule has 0 saturated carbocycles. The first-order valence-electron chi connectivity index (χ1n) is 7.77. The Morgan fingerprint density at radius 3 is 2.82 bits per heavy atom. The standard InChI is InChI=1S/C15H21N5OS/c16-13(21)12-7-4-8-19(12)15-18-20-9-11(17-14(20)22-15)10-5-2-1-3-6-10/h1-3,5-6,11-12,14-15,17-18H,4,7-9H2,(H2,16,21). The fourth-order valence-corrected chi connectivity index (χ4v) is 4.94. The molecule has 3 fully saturated rings. The van der Waals surface area contributed by atoms with Crippen molar-refractivity contribution in [1.29, 1.82) is 0 Å². The van der Waals surface area contributed by atoms with Crippen LogP contribution in [-0.4, -0.2) is 45.9 Å². The SMILES string of the molecule is NC(=O)C1CCCN1C1NN2CC(c3ccccc3)NC2S1. The van der Waals surface area contributed by atoms with Gasteiger partial charge in [0.15, 0.2) is 0 Å². The monoisotopic (exact) mass is 319 g/mol. The quantitative estimate of drug-likeness (QED) is 0.749. The lowest BCUT2D eigenvalue weighted by atomic mass is 10.1. The van der Waals surface area contributed by atoms with Crippen LogP contribution in [0.4, 0.5) is 0 Å². The molecule has 4 atom stereocenters. The number of hydrazine groups is 1. The summed E-state index contributed by atoms with van der Waals surface area (Å²) in [5, 5.41) is 5.89. The van der Waals surface area contributed by atoms with E-state index in [1.807, 2.05) is 17.8 Å². The first kappa shape index (κ1) is 14.5. The molecule has 1 aromatic rings. The van der Waals surface area contributed by atoms with Crippen molar-refractivity contribution in [3.8, 4) is 0 Å². The Labute approximate surface area is 134 Å². The maximum atomic E-state index is 11.6. The molecule has 6 nitrogen and oxygen atoms in total. The van der Waals surface area contributed by atoms with E-state index in [-0.39, 0.29) is 22.9 Å². The molecule has 1 amide bonds. The number of nitrogens with two attached hydrogens (primary N) is 1. The van der Waals surface area contributed by atoms with E-state index in [1.54, 1.807) is 0 Å². The van der Waals surface area contributed by atoms with Crippen molar-refractivity contribution in [2.45, 2.75) is 35.9 Å². The summed E-state index contributed by atoms with van der Waals surface area (Å²) in [6, 6.07) is 10.7. The van der Waals surface area contributed by atoms with Crippen LogP contribution in [0.25, 0.3) is 0 Å². The fraction of sp³-hybridized carbons (Fsp3) is 0.533. The van der Waals surface area contributed by atoms with Crippen LogP contribution < -0.4 is 16.5 Å². The summed E-state index contributed by atoms with van der Waals surface area (Å²) in [7, 11) is 0. The van der Waals surface area contributed by atoms with Crippen LogP contribution in [-0.2, 0) is 4.79 Å². The van der Waals surface area contributed by atoms with E-state index >= 15 is 0 Å². The lowest BCUT2D eigenvalue weighted by Crippen LogP contribution is -2.51. The number of carbonyl (C=O) groups is 1. The van der Waals surface area contributed by atoms with Gasteiger partial charge in [-0.2, -0.15) is 0 Å². The number of hydrogen-bond donors (Lipinski definition) is 3. The summed E-state index contributed by atoms with van der Waals surface area (Å²) in [6.07, 6.45) is 1.91. The van der Waals surface area contributed by atoms with Gasteiger partial charge in [0, 0.05) is 19.1 Å². The Hall–Kier alpha value is -1.12. The average Bonchev–Trinajstić information content (AvgIpc) is 3.21. The topological polar surface area (TPSA) is 73.6 Å². The normalized spacial score (nSPS) is 35.8. The maximum absolute atomic E-state index is 11.6. The lowest BCUT2D eigenvalue weighted by molar-refractivity contribution is -0.122. The van der Waals surface area contributed by atoms with E-state index in [0.717, 1.165) is 25.9 Å². The number of hydrogen-bond acceptors (Lipinski definition) is 6. The number of carbonyl (C=O) groups excluding carboxylic acids is 1. The van der Waals surface area contributed by atoms with E-state index in [9.17, 15) is 4.79 Å². The summed E-state index contributed by atoms with van der Waals surface area (Å²) in [5.41, 5.74) is 10.7. The molecule has 22 heavy (non-hydrogen) atoms. The van der Waals surface area contributed by atoms with Gasteiger partial charge in [-0.05, 0) is 18.4 Å². The number of benzene rings is 1. The zero-order valence-corrected chi connectivity index (χ0v) is 13.1. The van der Waals surface area contributed by atoms with Crippen molar-refractivity contribution in [3.63, 3.8) is 0 Å². The average molecular weight is 319 g/mol. The number of rotatable bonds is 3. The van der Waals surface area contributed by atoms with Gasteiger partial charge in [-0.1, -0.05) is 42.1 Å². The molecule has 0 radical (unpaired) electrons. The second kappa shape index (κ2) is 5.82. The van der Waals surface area contributed by atoms with Crippen molar-refractivity contribution in [2.24, 2.45) is 5.73 Å². The highest BCUT2D eigenvalue weighted by Gasteiger charge is 2.45. The second-order valence-corrected chi connectivity index (χ2v) is 7.22. The van der Waals surface area contributed by atoms with Crippen LogP contribution in [0.5, 0.6) is 0 Å². The maximum Gasteiger partial charge on any atom is 0.234 e. The molecular weight excluding hydrogens is 298 g/mol. The highest BCUT2D eigenvalue weighted by molar-refractivity contribution is 8.00. The van der Waals surface area contributed by atoms with Gasteiger partial charge in [0.1, 0.15) is 11.0 Å². The summed E-state index contributed by atoms with van der Waals surface area (Å²) in [6.45, 7) is 1.86. The van der Waals surface area contributed by atoms with E-state index in [2.05, 4.69) is 44.9 Å². The number of likely N-dealkylation sites (tertiary alicyclic amines) is 1. The predicted octanol–water partition coefficient (Wildman–Crippen LogP) is 0.401. The van der Waals surface area contributed by atoms with Crippen LogP contribution in [0.2, 0.25) is 0 Å². The molecule has 3 aliphatic rings. The van der Waals surface area contributed by atoms with Crippen LogP contribution in [0.3, 0.4) is 0 Å². The van der Waals surface area contributed by atoms with Crippen molar-refractivity contribution in [1.82, 2.24) is 20.7 Å². The van der Waals surface area contributed by atoms with Gasteiger partial charge in [-0.3, -0.25) is 15.0 Å². The van der Waals surface area contributed by atoms with E-state index < -0.39 is 0 Å². The first-order valence-corrected chi connectivity index (χ1v) is 8.71. The zero-order chi connectivity index (χ0) is 15.1. The molecule has 7 heteroatoms. The Bertz CT molecular complexity index is 542. The molecule has 118 valence electrons. The minimum Gasteiger partial charge on any atom is -0.368 e. The van der Waals surface area contributed by atoms with Gasteiger partial charge < -0.3 is 5.73 Å². The van der Waals surface area contributed by atoms with Gasteiger partial charge in [-0.15, -0.1) is 0 Å². The zero-order valence-electron chi connectivity index (χ0n) is 12.3. The number of fused-ring (bicyclic) bond motifs is 1. The first-order chi connectivity index (χ1) is 10.7. The molecule has 4 N–H and O–H groups in total. The lowest BCUT2D eigenvalue weighted by Gasteiger charge is -2.28. The Kier molecular flexibility index (Phi) is 3.83.